The Labute approximate surface area is 99.1 Å². The van der Waals surface area contributed by atoms with E-state index in [1.54, 1.807) is 18.3 Å². The number of aromatic nitrogens is 1. The lowest BCUT2D eigenvalue weighted by Crippen LogP contribution is -2.03. The smallest absolute Gasteiger partial charge is 0.203 e. The minimum atomic E-state index is -0.0895. The van der Waals surface area contributed by atoms with Crippen molar-refractivity contribution in [2.24, 2.45) is 0 Å². The SMILES string of the molecule is COc1cc2[nH]cc(Br)c(=O)c2cc1Cl. The summed E-state index contributed by atoms with van der Waals surface area (Å²) in [7, 11) is 1.53. The molecule has 2 rings (SSSR count). The molecule has 0 spiro atoms. The average molecular weight is 289 g/mol. The first-order valence-corrected chi connectivity index (χ1v) is 5.35. The molecule has 5 heteroatoms. The molecule has 1 aromatic heterocycles. The maximum absolute atomic E-state index is 11.7. The predicted octanol–water partition coefficient (Wildman–Crippen LogP) is 2.95. The van der Waals surface area contributed by atoms with E-state index in [0.29, 0.717) is 26.1 Å². The van der Waals surface area contributed by atoms with Crippen molar-refractivity contribution in [2.45, 2.75) is 0 Å². The highest BCUT2D eigenvalue weighted by Crippen LogP contribution is 2.27. The molecule has 0 radical (unpaired) electrons. The number of rotatable bonds is 1. The van der Waals surface area contributed by atoms with Gasteiger partial charge in [-0.05, 0) is 22.0 Å². The van der Waals surface area contributed by atoms with E-state index in [0.717, 1.165) is 0 Å². The third-order valence-corrected chi connectivity index (χ3v) is 2.99. The quantitative estimate of drug-likeness (QED) is 0.876. The van der Waals surface area contributed by atoms with Crippen LogP contribution in [-0.4, -0.2) is 12.1 Å². The van der Waals surface area contributed by atoms with E-state index >= 15 is 0 Å². The van der Waals surface area contributed by atoms with Gasteiger partial charge in [0.05, 0.1) is 22.1 Å². The number of fused-ring (bicyclic) bond motifs is 1. The molecule has 0 aliphatic heterocycles. The van der Waals surface area contributed by atoms with Crippen molar-refractivity contribution in [1.29, 1.82) is 0 Å². The van der Waals surface area contributed by atoms with E-state index in [1.807, 2.05) is 0 Å². The molecule has 0 aliphatic rings. The highest BCUT2D eigenvalue weighted by atomic mass is 79.9. The Morgan fingerprint density at radius 1 is 1.47 bits per heavy atom. The Kier molecular flexibility index (Phi) is 2.71. The van der Waals surface area contributed by atoms with Gasteiger partial charge >= 0.3 is 0 Å². The van der Waals surface area contributed by atoms with Crippen LogP contribution in [-0.2, 0) is 0 Å². The molecule has 1 heterocycles. The lowest BCUT2D eigenvalue weighted by molar-refractivity contribution is 0.415. The summed E-state index contributed by atoms with van der Waals surface area (Å²) in [5.41, 5.74) is 0.609. The average Bonchev–Trinajstić information content (AvgIpc) is 2.24. The van der Waals surface area contributed by atoms with E-state index in [-0.39, 0.29) is 5.43 Å². The van der Waals surface area contributed by atoms with Crippen molar-refractivity contribution in [3.05, 3.63) is 38.0 Å². The lowest BCUT2D eigenvalue weighted by Gasteiger charge is -2.05. The van der Waals surface area contributed by atoms with Gasteiger partial charge in [0, 0.05) is 17.6 Å². The van der Waals surface area contributed by atoms with Crippen LogP contribution in [0.25, 0.3) is 10.9 Å². The molecule has 1 N–H and O–H groups in total. The fourth-order valence-electron chi connectivity index (χ4n) is 1.35. The van der Waals surface area contributed by atoms with E-state index in [1.165, 1.54) is 7.11 Å². The summed E-state index contributed by atoms with van der Waals surface area (Å²) in [5.74, 6) is 0.544. The van der Waals surface area contributed by atoms with Gasteiger partial charge in [0.1, 0.15) is 5.75 Å². The summed E-state index contributed by atoms with van der Waals surface area (Å²) in [6.45, 7) is 0. The number of H-pyrrole nitrogens is 1. The van der Waals surface area contributed by atoms with Crippen LogP contribution in [0.4, 0.5) is 0 Å². The summed E-state index contributed by atoms with van der Waals surface area (Å²) in [6.07, 6.45) is 1.60. The highest BCUT2D eigenvalue weighted by molar-refractivity contribution is 9.10. The van der Waals surface area contributed by atoms with Gasteiger partial charge in [-0.15, -0.1) is 0 Å². The zero-order valence-electron chi connectivity index (χ0n) is 7.80. The van der Waals surface area contributed by atoms with Gasteiger partial charge in [0.25, 0.3) is 0 Å². The molecular formula is C10H7BrClNO2. The van der Waals surface area contributed by atoms with Crippen molar-refractivity contribution in [3.8, 4) is 5.75 Å². The Hall–Kier alpha value is -1.00. The molecule has 0 saturated carbocycles. The van der Waals surface area contributed by atoms with E-state index in [9.17, 15) is 4.79 Å². The predicted molar refractivity (Wildman–Crippen MR) is 63.8 cm³/mol. The van der Waals surface area contributed by atoms with Gasteiger partial charge in [-0.3, -0.25) is 4.79 Å². The van der Waals surface area contributed by atoms with Crippen molar-refractivity contribution in [1.82, 2.24) is 4.98 Å². The maximum Gasteiger partial charge on any atom is 0.203 e. The number of ether oxygens (including phenoxy) is 1. The first-order chi connectivity index (χ1) is 7.13. The van der Waals surface area contributed by atoms with E-state index < -0.39 is 0 Å². The monoisotopic (exact) mass is 287 g/mol. The van der Waals surface area contributed by atoms with Gasteiger partial charge in [0.15, 0.2) is 0 Å². The molecule has 78 valence electrons. The van der Waals surface area contributed by atoms with Crippen LogP contribution in [0.5, 0.6) is 5.75 Å². The molecule has 2 aromatic rings. The number of hydrogen-bond donors (Lipinski definition) is 1. The van der Waals surface area contributed by atoms with Gasteiger partial charge in [-0.2, -0.15) is 0 Å². The van der Waals surface area contributed by atoms with Gasteiger partial charge in [-0.25, -0.2) is 0 Å². The topological polar surface area (TPSA) is 42.1 Å². The summed E-state index contributed by atoms with van der Waals surface area (Å²) in [4.78, 5) is 14.7. The van der Waals surface area contributed by atoms with E-state index in [4.69, 9.17) is 16.3 Å². The number of methoxy groups -OCH3 is 1. The Morgan fingerprint density at radius 2 is 2.20 bits per heavy atom. The number of aromatic amines is 1. The van der Waals surface area contributed by atoms with Crippen molar-refractivity contribution >= 4 is 38.4 Å². The normalized spacial score (nSPS) is 10.6. The molecule has 15 heavy (non-hydrogen) atoms. The molecule has 1 aromatic carbocycles. The van der Waals surface area contributed by atoms with Crippen molar-refractivity contribution in [2.75, 3.05) is 7.11 Å². The summed E-state index contributed by atoms with van der Waals surface area (Å²) in [6, 6.07) is 3.30. The number of hydrogen-bond acceptors (Lipinski definition) is 2. The van der Waals surface area contributed by atoms with Crippen LogP contribution in [0, 0.1) is 0 Å². The molecule has 0 unspecified atom stereocenters. The van der Waals surface area contributed by atoms with Crippen LogP contribution in [0.2, 0.25) is 5.02 Å². The largest absolute Gasteiger partial charge is 0.495 e. The molecular weight excluding hydrogens is 281 g/mol. The Morgan fingerprint density at radius 3 is 2.87 bits per heavy atom. The van der Waals surface area contributed by atoms with Gasteiger partial charge in [0.2, 0.25) is 5.43 Å². The number of pyridine rings is 1. The standard InChI is InChI=1S/C10H7BrClNO2/c1-15-9-3-8-5(2-7(9)12)10(14)6(11)4-13-8/h2-4H,1H3,(H,13,14). The Balaban J connectivity index is 2.88. The van der Waals surface area contributed by atoms with Gasteiger partial charge in [-0.1, -0.05) is 11.6 Å². The molecule has 3 nitrogen and oxygen atoms in total. The van der Waals surface area contributed by atoms with Gasteiger partial charge < -0.3 is 9.72 Å². The third-order valence-electron chi connectivity index (χ3n) is 2.11. The molecule has 0 bridgehead atoms. The summed E-state index contributed by atoms with van der Waals surface area (Å²) in [5, 5.41) is 0.962. The summed E-state index contributed by atoms with van der Waals surface area (Å²) >= 11 is 9.09. The third kappa shape index (κ3) is 1.75. The summed E-state index contributed by atoms with van der Waals surface area (Å²) < 4.78 is 5.54. The second-order valence-electron chi connectivity index (χ2n) is 3.00. The van der Waals surface area contributed by atoms with Crippen LogP contribution in [0.15, 0.2) is 27.6 Å². The van der Waals surface area contributed by atoms with Crippen LogP contribution in [0.1, 0.15) is 0 Å². The van der Waals surface area contributed by atoms with Crippen LogP contribution < -0.4 is 10.2 Å². The zero-order valence-corrected chi connectivity index (χ0v) is 10.1. The minimum Gasteiger partial charge on any atom is -0.495 e. The fraction of sp³-hybridized carbons (Fsp3) is 0.100. The molecule has 0 amide bonds. The molecule has 0 atom stereocenters. The lowest BCUT2D eigenvalue weighted by atomic mass is 10.2. The second kappa shape index (κ2) is 3.87. The van der Waals surface area contributed by atoms with E-state index in [2.05, 4.69) is 20.9 Å². The van der Waals surface area contributed by atoms with Crippen LogP contribution in [0.3, 0.4) is 0 Å². The Bertz CT molecular complexity index is 579. The first-order valence-electron chi connectivity index (χ1n) is 4.18. The fourth-order valence-corrected chi connectivity index (χ4v) is 1.92. The second-order valence-corrected chi connectivity index (χ2v) is 4.26. The highest BCUT2D eigenvalue weighted by Gasteiger charge is 2.07. The van der Waals surface area contributed by atoms with Crippen molar-refractivity contribution < 1.29 is 4.74 Å². The molecule has 0 saturated heterocycles. The number of nitrogens with one attached hydrogen (secondary N) is 1. The van der Waals surface area contributed by atoms with Crippen molar-refractivity contribution in [3.63, 3.8) is 0 Å². The first kappa shape index (κ1) is 10.5. The molecule has 0 aliphatic carbocycles. The minimum absolute atomic E-state index is 0.0895. The zero-order chi connectivity index (χ0) is 11.0. The number of halogens is 2. The van der Waals surface area contributed by atoms with Crippen LogP contribution >= 0.6 is 27.5 Å². The maximum atomic E-state index is 11.7. The molecule has 0 fully saturated rings. The number of benzene rings is 1.